The van der Waals surface area contributed by atoms with Crippen molar-refractivity contribution in [3.05, 3.63) is 5.92 Å². The van der Waals surface area contributed by atoms with Crippen LogP contribution in [0.5, 0.6) is 0 Å². The van der Waals surface area contributed by atoms with Crippen molar-refractivity contribution >= 4 is 0 Å². The van der Waals surface area contributed by atoms with E-state index in [0.29, 0.717) is 14.4 Å². The van der Waals surface area contributed by atoms with Gasteiger partial charge in [0.1, 0.15) is 0 Å². The average molecular weight is 372 g/mol. The van der Waals surface area contributed by atoms with E-state index in [2.05, 4.69) is 27.7 Å². The first-order valence-electron chi connectivity index (χ1n) is 7.34. The molecule has 0 fully saturated rings. The zero-order valence-corrected chi connectivity index (χ0v) is 17.7. The summed E-state index contributed by atoms with van der Waals surface area (Å²) in [5.41, 5.74) is 0. The van der Waals surface area contributed by atoms with Gasteiger partial charge in [-0.05, 0) is 6.42 Å². The van der Waals surface area contributed by atoms with Gasteiger partial charge in [-0.3, -0.25) is 8.78 Å². The van der Waals surface area contributed by atoms with Crippen LogP contribution in [0.2, 0.25) is 0 Å². The van der Waals surface area contributed by atoms with Crippen molar-refractivity contribution in [3.8, 4) is 0 Å². The maximum Gasteiger partial charge on any atom is 0.0785 e. The van der Waals surface area contributed by atoms with Gasteiger partial charge in [-0.1, -0.05) is 47.0 Å². The summed E-state index contributed by atoms with van der Waals surface area (Å²) in [5, 5.41) is 0. The second-order valence-corrected chi connectivity index (χ2v) is 3.91. The number of halogens is 2. The molecule has 0 atom stereocenters. The first kappa shape index (κ1) is 32.8. The molecule has 0 rings (SSSR count). The van der Waals surface area contributed by atoms with Gasteiger partial charge in [-0.25, -0.2) is 0 Å². The van der Waals surface area contributed by atoms with Crippen LogP contribution < -0.4 is 0 Å². The summed E-state index contributed by atoms with van der Waals surface area (Å²) in [6, 6.07) is 0. The fraction of sp³-hybridized carbons (Fsp3) is 0.938. The minimum Gasteiger partial charge on any atom is -0.385 e. The Bertz CT molecular complexity index is 98.5. The van der Waals surface area contributed by atoms with E-state index in [0.717, 1.165) is 6.61 Å². The SMILES string of the molecule is CCCCOC.CCCC[C-](CC)CC.CF.CF.[Y]. The molecule has 0 amide bonds. The summed E-state index contributed by atoms with van der Waals surface area (Å²) in [6.45, 7) is 9.83. The van der Waals surface area contributed by atoms with E-state index in [-0.39, 0.29) is 32.7 Å². The molecule has 0 saturated heterocycles. The molecule has 0 aliphatic rings. The monoisotopic (exact) mass is 372 g/mol. The number of ether oxygens (including phenoxy) is 1. The summed E-state index contributed by atoms with van der Waals surface area (Å²) in [4.78, 5) is 0. The second-order valence-electron chi connectivity index (χ2n) is 3.91. The van der Waals surface area contributed by atoms with Gasteiger partial charge < -0.3 is 10.7 Å². The molecule has 20 heavy (non-hydrogen) atoms. The molecule has 0 aromatic carbocycles. The Morgan fingerprint density at radius 1 is 0.800 bits per heavy atom. The summed E-state index contributed by atoms with van der Waals surface area (Å²) in [6.07, 6.45) is 9.08. The minimum absolute atomic E-state index is 0. The minimum atomic E-state index is 0. The van der Waals surface area contributed by atoms with Crippen molar-refractivity contribution in [2.75, 3.05) is 28.1 Å². The number of hydrogen-bond donors (Lipinski definition) is 0. The topological polar surface area (TPSA) is 9.23 Å². The smallest absolute Gasteiger partial charge is 0.0785 e. The van der Waals surface area contributed by atoms with Crippen LogP contribution in [0.1, 0.15) is 72.6 Å². The predicted molar refractivity (Wildman–Crippen MR) is 84.2 cm³/mol. The van der Waals surface area contributed by atoms with E-state index in [1.807, 2.05) is 0 Å². The fourth-order valence-electron chi connectivity index (χ4n) is 1.32. The molecule has 0 aliphatic carbocycles. The molecule has 125 valence electrons. The van der Waals surface area contributed by atoms with Gasteiger partial charge in [0.05, 0.1) is 14.4 Å². The van der Waals surface area contributed by atoms with Crippen LogP contribution in [-0.4, -0.2) is 28.1 Å². The number of alkyl halides is 2. The van der Waals surface area contributed by atoms with Crippen LogP contribution in [0.25, 0.3) is 0 Å². The van der Waals surface area contributed by atoms with Crippen molar-refractivity contribution < 1.29 is 46.2 Å². The maximum absolute atomic E-state index is 9.50. The summed E-state index contributed by atoms with van der Waals surface area (Å²) >= 11 is 0. The molecule has 1 radical (unpaired) electrons. The Hall–Kier alpha value is 0.924. The molecule has 0 bridgehead atoms. The van der Waals surface area contributed by atoms with Gasteiger partial charge in [0.2, 0.25) is 0 Å². The Labute approximate surface area is 152 Å². The zero-order chi connectivity index (χ0) is 15.9. The van der Waals surface area contributed by atoms with Gasteiger partial charge in [0.15, 0.2) is 0 Å². The van der Waals surface area contributed by atoms with E-state index in [9.17, 15) is 8.78 Å². The van der Waals surface area contributed by atoms with Crippen LogP contribution in [0, 0.1) is 5.92 Å². The van der Waals surface area contributed by atoms with Crippen molar-refractivity contribution in [1.82, 2.24) is 0 Å². The van der Waals surface area contributed by atoms with Crippen LogP contribution >= 0.6 is 0 Å². The molecule has 1 nitrogen and oxygen atoms in total. The molecular weight excluding hydrogens is 335 g/mol. The number of hydrogen-bond acceptors (Lipinski definition) is 1. The van der Waals surface area contributed by atoms with Gasteiger partial charge in [-0.15, -0.1) is 0 Å². The third kappa shape index (κ3) is 42.8. The van der Waals surface area contributed by atoms with Gasteiger partial charge in [0, 0.05) is 46.4 Å². The molecule has 0 saturated carbocycles. The van der Waals surface area contributed by atoms with Crippen molar-refractivity contribution in [3.63, 3.8) is 0 Å². The quantitative estimate of drug-likeness (QED) is 0.366. The van der Waals surface area contributed by atoms with Crippen LogP contribution in [0.3, 0.4) is 0 Å². The van der Waals surface area contributed by atoms with E-state index < -0.39 is 0 Å². The first-order valence-corrected chi connectivity index (χ1v) is 7.34. The summed E-state index contributed by atoms with van der Waals surface area (Å²) in [5.74, 6) is 1.73. The first-order chi connectivity index (χ1) is 9.26. The van der Waals surface area contributed by atoms with E-state index >= 15 is 0 Å². The van der Waals surface area contributed by atoms with Crippen molar-refractivity contribution in [2.24, 2.45) is 0 Å². The molecular formula is C16H37F2OY-. The molecule has 0 aromatic heterocycles. The number of rotatable bonds is 8. The molecule has 0 heterocycles. The van der Waals surface area contributed by atoms with E-state index in [4.69, 9.17) is 4.74 Å². The predicted octanol–water partition coefficient (Wildman–Crippen LogP) is 6.17. The van der Waals surface area contributed by atoms with Crippen LogP contribution in [0.4, 0.5) is 8.78 Å². The normalized spacial score (nSPS) is 8.10. The largest absolute Gasteiger partial charge is 0.385 e. The average Bonchev–Trinajstić information content (AvgIpc) is 2.51. The van der Waals surface area contributed by atoms with E-state index in [1.165, 1.54) is 44.9 Å². The molecule has 0 aromatic rings. The third-order valence-corrected chi connectivity index (χ3v) is 2.59. The summed E-state index contributed by atoms with van der Waals surface area (Å²) in [7, 11) is 2.73. The van der Waals surface area contributed by atoms with E-state index in [1.54, 1.807) is 13.0 Å². The molecule has 4 heteroatoms. The molecule has 0 aliphatic heterocycles. The molecule has 0 spiro atoms. The summed E-state index contributed by atoms with van der Waals surface area (Å²) < 4.78 is 23.8. The molecule has 0 N–H and O–H groups in total. The fourth-order valence-corrected chi connectivity index (χ4v) is 1.32. The van der Waals surface area contributed by atoms with Crippen LogP contribution in [-0.2, 0) is 37.4 Å². The zero-order valence-electron chi connectivity index (χ0n) is 14.9. The standard InChI is InChI=1S/C9H19.C5H12O.2CH3F.Y/c1-4-7-8-9(5-2)6-3;1-3-4-5-6-2;2*1-2;/h4-8H2,1-3H3;3-5H2,1-2H3;2*1H3;/q-1;;;;. The van der Waals surface area contributed by atoms with Crippen molar-refractivity contribution in [2.45, 2.75) is 72.6 Å². The third-order valence-electron chi connectivity index (χ3n) is 2.59. The number of unbranched alkanes of at least 4 members (excludes halogenated alkanes) is 2. The number of methoxy groups -OCH3 is 1. The van der Waals surface area contributed by atoms with Gasteiger partial charge >= 0.3 is 0 Å². The Kier molecular flexibility index (Phi) is 70.0. The van der Waals surface area contributed by atoms with Gasteiger partial charge in [-0.2, -0.15) is 19.3 Å². The Morgan fingerprint density at radius 3 is 1.40 bits per heavy atom. The van der Waals surface area contributed by atoms with Crippen LogP contribution in [0.15, 0.2) is 0 Å². The van der Waals surface area contributed by atoms with Gasteiger partial charge in [0.25, 0.3) is 0 Å². The van der Waals surface area contributed by atoms with Crippen molar-refractivity contribution in [1.29, 1.82) is 0 Å². The maximum atomic E-state index is 9.50. The Balaban J connectivity index is -0.0000000598. The molecule has 0 unspecified atom stereocenters. The second kappa shape index (κ2) is 42.7. The Morgan fingerprint density at radius 2 is 1.20 bits per heavy atom.